The minimum absolute atomic E-state index is 0.0714. The van der Waals surface area contributed by atoms with Crippen LogP contribution in [0.5, 0.6) is 0 Å². The second-order valence-corrected chi connectivity index (χ2v) is 8.08. The number of unbranched alkanes of at least 4 members (excludes halogenated alkanes) is 1. The van der Waals surface area contributed by atoms with Crippen LogP contribution in [0.15, 0.2) is 39.1 Å². The van der Waals surface area contributed by atoms with E-state index < -0.39 is 10.0 Å². The number of nitrogens with zero attached hydrogens (tertiary/aromatic N) is 1. The molecular weight excluding hydrogens is 388 g/mol. The third kappa shape index (κ3) is 4.85. The SMILES string of the molecule is COCCCCNS(=O)(=O)c1csc(-c2ccc(Br)cc2)n1. The summed E-state index contributed by atoms with van der Waals surface area (Å²) >= 11 is 4.69. The van der Waals surface area contributed by atoms with E-state index >= 15 is 0 Å². The molecule has 2 aromatic rings. The van der Waals surface area contributed by atoms with E-state index in [4.69, 9.17) is 4.74 Å². The Morgan fingerprint density at radius 1 is 1.27 bits per heavy atom. The van der Waals surface area contributed by atoms with E-state index in [0.29, 0.717) is 18.2 Å². The number of rotatable bonds is 8. The summed E-state index contributed by atoms with van der Waals surface area (Å²) < 4.78 is 32.8. The van der Waals surface area contributed by atoms with Gasteiger partial charge in [0.05, 0.1) is 0 Å². The fourth-order valence-electron chi connectivity index (χ4n) is 1.76. The molecule has 0 aliphatic rings. The van der Waals surface area contributed by atoms with Crippen molar-refractivity contribution in [3.63, 3.8) is 0 Å². The second kappa shape index (κ2) is 8.16. The monoisotopic (exact) mass is 404 g/mol. The Balaban J connectivity index is 2.02. The smallest absolute Gasteiger partial charge is 0.258 e. The van der Waals surface area contributed by atoms with E-state index in [1.165, 1.54) is 11.3 Å². The Bertz CT molecular complexity index is 699. The molecule has 0 fully saturated rings. The summed E-state index contributed by atoms with van der Waals surface area (Å²) in [4.78, 5) is 4.22. The van der Waals surface area contributed by atoms with Gasteiger partial charge in [0.15, 0.2) is 5.03 Å². The maximum atomic E-state index is 12.2. The van der Waals surface area contributed by atoms with Crippen LogP contribution in [0.1, 0.15) is 12.8 Å². The number of sulfonamides is 1. The van der Waals surface area contributed by atoms with E-state index in [2.05, 4.69) is 25.6 Å². The van der Waals surface area contributed by atoms with Crippen molar-refractivity contribution in [2.75, 3.05) is 20.3 Å². The van der Waals surface area contributed by atoms with Crippen molar-refractivity contribution in [3.05, 3.63) is 34.1 Å². The standard InChI is InChI=1S/C14H17BrN2O3S2/c1-20-9-3-2-8-16-22(18,19)13-10-21-14(17-13)11-4-6-12(15)7-5-11/h4-7,10,16H,2-3,8-9H2,1H3. The lowest BCUT2D eigenvalue weighted by Crippen LogP contribution is -2.25. The highest BCUT2D eigenvalue weighted by Gasteiger charge is 2.18. The normalized spacial score (nSPS) is 11.7. The number of hydrogen-bond acceptors (Lipinski definition) is 5. The quantitative estimate of drug-likeness (QED) is 0.685. The van der Waals surface area contributed by atoms with Crippen LogP contribution >= 0.6 is 27.3 Å². The number of ether oxygens (including phenoxy) is 1. The van der Waals surface area contributed by atoms with Crippen LogP contribution in [0, 0.1) is 0 Å². The molecule has 0 saturated heterocycles. The first-order chi connectivity index (χ1) is 10.5. The summed E-state index contributed by atoms with van der Waals surface area (Å²) in [5, 5.41) is 2.32. The highest BCUT2D eigenvalue weighted by atomic mass is 79.9. The van der Waals surface area contributed by atoms with Crippen molar-refractivity contribution in [2.24, 2.45) is 0 Å². The lowest BCUT2D eigenvalue weighted by atomic mass is 10.2. The molecule has 120 valence electrons. The van der Waals surface area contributed by atoms with Gasteiger partial charge in [-0.05, 0) is 25.0 Å². The number of nitrogens with one attached hydrogen (secondary N) is 1. The van der Waals surface area contributed by atoms with Crippen molar-refractivity contribution < 1.29 is 13.2 Å². The van der Waals surface area contributed by atoms with E-state index in [1.54, 1.807) is 12.5 Å². The molecule has 5 nitrogen and oxygen atoms in total. The van der Waals surface area contributed by atoms with Gasteiger partial charge in [-0.1, -0.05) is 28.1 Å². The van der Waals surface area contributed by atoms with Gasteiger partial charge in [0, 0.05) is 35.7 Å². The van der Waals surface area contributed by atoms with Crippen LogP contribution in [-0.4, -0.2) is 33.7 Å². The number of halogens is 1. The molecule has 0 spiro atoms. The van der Waals surface area contributed by atoms with Crippen LogP contribution in [-0.2, 0) is 14.8 Å². The lowest BCUT2D eigenvalue weighted by molar-refractivity contribution is 0.193. The Morgan fingerprint density at radius 2 is 2.00 bits per heavy atom. The minimum Gasteiger partial charge on any atom is -0.385 e. The molecule has 2 rings (SSSR count). The number of thiazole rings is 1. The molecule has 1 aromatic heterocycles. The van der Waals surface area contributed by atoms with Crippen LogP contribution < -0.4 is 4.72 Å². The zero-order chi connectivity index (χ0) is 16.0. The largest absolute Gasteiger partial charge is 0.385 e. The molecule has 0 atom stereocenters. The van der Waals surface area contributed by atoms with Crippen LogP contribution in [0.2, 0.25) is 0 Å². The molecule has 8 heteroatoms. The molecule has 0 saturated carbocycles. The molecule has 0 aliphatic heterocycles. The van der Waals surface area contributed by atoms with Crippen molar-refractivity contribution in [1.82, 2.24) is 9.71 Å². The van der Waals surface area contributed by atoms with Crippen molar-refractivity contribution in [1.29, 1.82) is 0 Å². The maximum absolute atomic E-state index is 12.2. The predicted octanol–water partition coefficient (Wildman–Crippen LogP) is 3.28. The van der Waals surface area contributed by atoms with Crippen molar-refractivity contribution in [3.8, 4) is 10.6 Å². The molecule has 22 heavy (non-hydrogen) atoms. The van der Waals surface area contributed by atoms with Crippen LogP contribution in [0.4, 0.5) is 0 Å². The first kappa shape index (κ1) is 17.6. The molecule has 0 radical (unpaired) electrons. The van der Waals surface area contributed by atoms with Gasteiger partial charge in [-0.3, -0.25) is 0 Å². The third-order valence-electron chi connectivity index (χ3n) is 2.92. The molecule has 0 amide bonds. The number of hydrogen-bond donors (Lipinski definition) is 1. The van der Waals surface area contributed by atoms with Crippen molar-refractivity contribution >= 4 is 37.3 Å². The maximum Gasteiger partial charge on any atom is 0.258 e. The van der Waals surface area contributed by atoms with E-state index in [9.17, 15) is 8.42 Å². The van der Waals surface area contributed by atoms with Crippen LogP contribution in [0.25, 0.3) is 10.6 Å². The zero-order valence-electron chi connectivity index (χ0n) is 12.1. The van der Waals surface area contributed by atoms with E-state index in [1.807, 2.05) is 24.3 Å². The van der Waals surface area contributed by atoms with Gasteiger partial charge in [0.25, 0.3) is 10.0 Å². The average molecular weight is 405 g/mol. The summed E-state index contributed by atoms with van der Waals surface area (Å²) in [5.41, 5.74) is 0.898. The first-order valence-electron chi connectivity index (χ1n) is 6.73. The summed E-state index contributed by atoms with van der Waals surface area (Å²) in [7, 11) is -1.92. The molecule has 1 aromatic carbocycles. The first-order valence-corrected chi connectivity index (χ1v) is 9.88. The van der Waals surface area contributed by atoms with E-state index in [-0.39, 0.29) is 5.03 Å². The Morgan fingerprint density at radius 3 is 2.68 bits per heavy atom. The minimum atomic E-state index is -3.54. The summed E-state index contributed by atoms with van der Waals surface area (Å²) in [6.07, 6.45) is 1.55. The number of aromatic nitrogens is 1. The van der Waals surface area contributed by atoms with Crippen molar-refractivity contribution in [2.45, 2.75) is 17.9 Å². The predicted molar refractivity (Wildman–Crippen MR) is 91.5 cm³/mol. The fraction of sp³-hybridized carbons (Fsp3) is 0.357. The van der Waals surface area contributed by atoms with Gasteiger partial charge in [-0.2, -0.15) is 0 Å². The molecule has 0 unspecified atom stereocenters. The lowest BCUT2D eigenvalue weighted by Gasteiger charge is -2.03. The second-order valence-electron chi connectivity index (χ2n) is 4.60. The third-order valence-corrected chi connectivity index (χ3v) is 5.83. The molecule has 1 N–H and O–H groups in total. The summed E-state index contributed by atoms with van der Waals surface area (Å²) in [5.74, 6) is 0. The fourth-order valence-corrected chi connectivity index (χ4v) is 4.19. The van der Waals surface area contributed by atoms with Gasteiger partial charge in [-0.15, -0.1) is 11.3 Å². The van der Waals surface area contributed by atoms with Gasteiger partial charge >= 0.3 is 0 Å². The highest BCUT2D eigenvalue weighted by molar-refractivity contribution is 9.10. The molecule has 0 aliphatic carbocycles. The van der Waals surface area contributed by atoms with Gasteiger partial charge < -0.3 is 4.74 Å². The average Bonchev–Trinajstić information content (AvgIpc) is 2.98. The van der Waals surface area contributed by atoms with Gasteiger partial charge in [0.2, 0.25) is 0 Å². The van der Waals surface area contributed by atoms with Crippen LogP contribution in [0.3, 0.4) is 0 Å². The zero-order valence-corrected chi connectivity index (χ0v) is 15.3. The topological polar surface area (TPSA) is 68.3 Å². The molecule has 0 bridgehead atoms. The highest BCUT2D eigenvalue weighted by Crippen LogP contribution is 2.26. The Labute approximate surface area is 142 Å². The molecule has 1 heterocycles. The van der Waals surface area contributed by atoms with Gasteiger partial charge in [0.1, 0.15) is 5.01 Å². The number of benzene rings is 1. The number of methoxy groups -OCH3 is 1. The summed E-state index contributed by atoms with van der Waals surface area (Å²) in [6, 6.07) is 7.60. The van der Waals surface area contributed by atoms with Gasteiger partial charge in [-0.25, -0.2) is 18.1 Å². The molecular formula is C14H17BrN2O3S2. The Hall–Kier alpha value is -0.800. The van der Waals surface area contributed by atoms with E-state index in [0.717, 1.165) is 22.9 Å². The summed E-state index contributed by atoms with van der Waals surface area (Å²) in [6.45, 7) is 1.02. The Kier molecular flexibility index (Phi) is 6.51.